The zero-order valence-corrected chi connectivity index (χ0v) is 17.9. The third-order valence-electron chi connectivity index (χ3n) is 6.84. The van der Waals surface area contributed by atoms with E-state index in [4.69, 9.17) is 4.74 Å². The Kier molecular flexibility index (Phi) is 5.57. The summed E-state index contributed by atoms with van der Waals surface area (Å²) in [7, 11) is 1.81. The first-order valence-corrected chi connectivity index (χ1v) is 10.9. The highest BCUT2D eigenvalue weighted by Crippen LogP contribution is 2.50. The number of alkyl halides is 1. The zero-order chi connectivity index (χ0) is 19.1. The van der Waals surface area contributed by atoms with Gasteiger partial charge in [-0.25, -0.2) is 0 Å². The normalized spacial score (nSPS) is 28.6. The van der Waals surface area contributed by atoms with Gasteiger partial charge in [0.1, 0.15) is 0 Å². The van der Waals surface area contributed by atoms with E-state index in [2.05, 4.69) is 51.8 Å². The number of benzene rings is 1. The Morgan fingerprint density at radius 2 is 2.15 bits per heavy atom. The summed E-state index contributed by atoms with van der Waals surface area (Å²) >= 11 is 3.79. The van der Waals surface area contributed by atoms with E-state index in [0.717, 1.165) is 34.8 Å². The van der Waals surface area contributed by atoms with Crippen LogP contribution in [0.3, 0.4) is 0 Å². The highest BCUT2D eigenvalue weighted by atomic mass is 79.9. The fourth-order valence-corrected chi connectivity index (χ4v) is 5.93. The van der Waals surface area contributed by atoms with Gasteiger partial charge in [0, 0.05) is 35.6 Å². The van der Waals surface area contributed by atoms with Crippen LogP contribution in [0.2, 0.25) is 0 Å². The minimum atomic E-state index is -0.0105. The molecule has 1 aromatic carbocycles. The molecule has 2 fully saturated rings. The third-order valence-corrected chi connectivity index (χ3v) is 7.52. The van der Waals surface area contributed by atoms with E-state index in [9.17, 15) is 5.11 Å². The molecule has 1 saturated carbocycles. The lowest BCUT2D eigenvalue weighted by molar-refractivity contribution is -0.0182. The summed E-state index contributed by atoms with van der Waals surface area (Å²) in [4.78, 5) is 7.77. The molecule has 1 aliphatic heterocycles. The molecule has 4 rings (SSSR count). The molecule has 1 aromatic heterocycles. The summed E-state index contributed by atoms with van der Waals surface area (Å²) in [6, 6.07) is 9.04. The van der Waals surface area contributed by atoms with E-state index in [1.54, 1.807) is 7.11 Å². The maximum absolute atomic E-state index is 9.54. The predicted molar refractivity (Wildman–Crippen MR) is 112 cm³/mol. The first-order valence-electron chi connectivity index (χ1n) is 9.96. The maximum atomic E-state index is 9.54. The highest BCUT2D eigenvalue weighted by Gasteiger charge is 2.51. The van der Waals surface area contributed by atoms with Gasteiger partial charge in [0.25, 0.3) is 0 Å². The molecule has 27 heavy (non-hydrogen) atoms. The summed E-state index contributed by atoms with van der Waals surface area (Å²) in [6.45, 7) is 5.77. The summed E-state index contributed by atoms with van der Waals surface area (Å²) in [5, 5.41) is 10.6. The van der Waals surface area contributed by atoms with Crippen molar-refractivity contribution >= 4 is 26.8 Å². The molecule has 2 aromatic rings. The Morgan fingerprint density at radius 1 is 1.33 bits per heavy atom. The number of aromatic nitrogens is 1. The molecule has 2 heterocycles. The maximum Gasteiger partial charge on any atom is 0.0980 e. The van der Waals surface area contributed by atoms with E-state index in [1.807, 2.05) is 18.3 Å². The fraction of sp³-hybridized carbons (Fsp3) is 0.591. The van der Waals surface area contributed by atoms with Crippen molar-refractivity contribution in [2.24, 2.45) is 11.8 Å². The lowest BCUT2D eigenvalue weighted by Crippen LogP contribution is -2.52. The van der Waals surface area contributed by atoms with E-state index in [0.29, 0.717) is 16.9 Å². The van der Waals surface area contributed by atoms with Crippen molar-refractivity contribution in [3.8, 4) is 0 Å². The molecule has 1 N–H and O–H groups in total. The topological polar surface area (TPSA) is 45.6 Å². The van der Waals surface area contributed by atoms with E-state index < -0.39 is 0 Å². The highest BCUT2D eigenvalue weighted by molar-refractivity contribution is 9.09. The van der Waals surface area contributed by atoms with Gasteiger partial charge in [0.2, 0.25) is 0 Å². The van der Waals surface area contributed by atoms with Crippen LogP contribution in [0.25, 0.3) is 10.9 Å². The van der Waals surface area contributed by atoms with Gasteiger partial charge in [-0.2, -0.15) is 0 Å². The largest absolute Gasteiger partial charge is 0.392 e. The SMILES string of the molecule is CO[C@H](c1ccnc2ccc(CO)cc12)[C@@H](C)N1CC[C@H]2C(C(C)Br)CC21. The number of hydrogen-bond donors (Lipinski definition) is 1. The number of methoxy groups -OCH3 is 1. The minimum Gasteiger partial charge on any atom is -0.392 e. The molecule has 0 spiro atoms. The van der Waals surface area contributed by atoms with Crippen LogP contribution < -0.4 is 0 Å². The van der Waals surface area contributed by atoms with Gasteiger partial charge < -0.3 is 9.84 Å². The van der Waals surface area contributed by atoms with Crippen LogP contribution >= 0.6 is 15.9 Å². The third kappa shape index (κ3) is 3.33. The number of pyridine rings is 1. The Hall–Kier alpha value is -1.01. The Morgan fingerprint density at radius 3 is 2.85 bits per heavy atom. The van der Waals surface area contributed by atoms with Gasteiger partial charge in [-0.05, 0) is 67.5 Å². The van der Waals surface area contributed by atoms with Gasteiger partial charge in [0.15, 0.2) is 0 Å². The molecule has 0 bridgehead atoms. The standard InChI is InChI=1S/C22H29BrN2O2/c1-13(23)18-11-21-16(18)7-9-25(21)14(2)22(27-3)17-6-8-24-20-5-4-15(12-26)10-19(17)20/h4-6,8,10,13-14,16,18,21-22,26H,7,9,11-12H2,1-3H3/t13?,14-,16+,18?,21?,22+/m1/s1. The van der Waals surface area contributed by atoms with Crippen LogP contribution in [0, 0.1) is 11.8 Å². The fourth-order valence-electron chi connectivity index (χ4n) is 5.32. The van der Waals surface area contributed by atoms with E-state index in [1.165, 1.54) is 18.4 Å². The van der Waals surface area contributed by atoms with E-state index in [-0.39, 0.29) is 12.7 Å². The molecule has 0 radical (unpaired) electrons. The number of aliphatic hydroxyl groups is 1. The second kappa shape index (κ2) is 7.78. The minimum absolute atomic E-state index is 0.0105. The smallest absolute Gasteiger partial charge is 0.0980 e. The molecule has 1 saturated heterocycles. The second-order valence-corrected chi connectivity index (χ2v) is 9.59. The van der Waals surface area contributed by atoms with E-state index >= 15 is 0 Å². The van der Waals surface area contributed by atoms with Crippen molar-refractivity contribution in [2.75, 3.05) is 13.7 Å². The van der Waals surface area contributed by atoms with Gasteiger partial charge in [0.05, 0.1) is 18.2 Å². The number of aliphatic hydroxyl groups excluding tert-OH is 1. The lowest BCUT2D eigenvalue weighted by Gasteiger charge is -2.48. The molecule has 3 unspecified atom stereocenters. The number of fused-ring (bicyclic) bond motifs is 2. The zero-order valence-electron chi connectivity index (χ0n) is 16.3. The van der Waals surface area contributed by atoms with Crippen molar-refractivity contribution in [1.29, 1.82) is 0 Å². The first kappa shape index (κ1) is 19.3. The second-order valence-electron chi connectivity index (χ2n) is 8.14. The summed E-state index contributed by atoms with van der Waals surface area (Å²) in [5.74, 6) is 1.62. The molecule has 146 valence electrons. The van der Waals surface area contributed by atoms with Crippen molar-refractivity contribution in [3.05, 3.63) is 41.6 Å². The average Bonchev–Trinajstić information content (AvgIpc) is 2.97. The number of nitrogens with zero attached hydrogens (tertiary/aromatic N) is 2. The van der Waals surface area contributed by atoms with Crippen LogP contribution in [0.1, 0.15) is 43.9 Å². The molecular formula is C22H29BrN2O2. The number of rotatable bonds is 6. The lowest BCUT2D eigenvalue weighted by atomic mass is 9.68. The number of hydrogen-bond acceptors (Lipinski definition) is 4. The molecular weight excluding hydrogens is 404 g/mol. The van der Waals surface area contributed by atoms with Crippen LogP contribution in [0.4, 0.5) is 0 Å². The average molecular weight is 433 g/mol. The van der Waals surface area contributed by atoms with Gasteiger partial charge in [-0.3, -0.25) is 9.88 Å². The van der Waals surface area contributed by atoms with Crippen molar-refractivity contribution in [1.82, 2.24) is 9.88 Å². The number of likely N-dealkylation sites (tertiary alicyclic amines) is 1. The first-order chi connectivity index (χ1) is 13.0. The number of halogens is 1. The van der Waals surface area contributed by atoms with Crippen LogP contribution in [-0.4, -0.2) is 45.6 Å². The monoisotopic (exact) mass is 432 g/mol. The molecule has 4 nitrogen and oxygen atoms in total. The quantitative estimate of drug-likeness (QED) is 0.691. The summed E-state index contributed by atoms with van der Waals surface area (Å²) in [6.07, 6.45) is 4.43. The summed E-state index contributed by atoms with van der Waals surface area (Å²) in [5.41, 5.74) is 3.03. The van der Waals surface area contributed by atoms with Gasteiger partial charge in [-0.15, -0.1) is 0 Å². The van der Waals surface area contributed by atoms with Gasteiger partial charge >= 0.3 is 0 Å². The number of ether oxygens (including phenoxy) is 1. The van der Waals surface area contributed by atoms with Crippen LogP contribution in [-0.2, 0) is 11.3 Å². The molecule has 1 aliphatic carbocycles. The van der Waals surface area contributed by atoms with Crippen LogP contribution in [0.5, 0.6) is 0 Å². The van der Waals surface area contributed by atoms with Crippen molar-refractivity contribution in [2.45, 2.75) is 56.3 Å². The Balaban J connectivity index is 1.62. The molecule has 5 heteroatoms. The van der Waals surface area contributed by atoms with Crippen LogP contribution in [0.15, 0.2) is 30.5 Å². The van der Waals surface area contributed by atoms with Crippen molar-refractivity contribution < 1.29 is 9.84 Å². The van der Waals surface area contributed by atoms with Crippen molar-refractivity contribution in [3.63, 3.8) is 0 Å². The molecule has 0 amide bonds. The molecule has 2 aliphatic rings. The Bertz CT molecular complexity index is 812. The van der Waals surface area contributed by atoms with Gasteiger partial charge in [-0.1, -0.05) is 28.9 Å². The Labute approximate surface area is 170 Å². The predicted octanol–water partition coefficient (Wildman–Crippen LogP) is 4.30. The summed E-state index contributed by atoms with van der Waals surface area (Å²) < 4.78 is 6.03. The molecule has 6 atom stereocenters.